The van der Waals surface area contributed by atoms with Crippen LogP contribution in [-0.4, -0.2) is 42.7 Å². The number of fused-ring (bicyclic) bond motifs is 1. The van der Waals surface area contributed by atoms with E-state index in [1.807, 2.05) is 48.5 Å². The van der Waals surface area contributed by atoms with Gasteiger partial charge in [-0.2, -0.15) is 0 Å². The number of hydrogen-bond acceptors (Lipinski definition) is 6. The van der Waals surface area contributed by atoms with Gasteiger partial charge in [-0.3, -0.25) is 9.36 Å². The first-order valence-corrected chi connectivity index (χ1v) is 10.1. The van der Waals surface area contributed by atoms with Crippen LogP contribution in [0.3, 0.4) is 0 Å². The van der Waals surface area contributed by atoms with E-state index in [0.717, 1.165) is 17.9 Å². The van der Waals surface area contributed by atoms with Crippen molar-refractivity contribution in [3.8, 4) is 11.5 Å². The maximum atomic E-state index is 12.9. The van der Waals surface area contributed by atoms with E-state index in [0.29, 0.717) is 41.6 Å². The Kier molecular flexibility index (Phi) is 7.33. The van der Waals surface area contributed by atoms with Gasteiger partial charge in [0.05, 0.1) is 24.6 Å². The highest BCUT2D eigenvalue weighted by molar-refractivity contribution is 7.99. The largest absolute Gasteiger partial charge is 0.497 e. The van der Waals surface area contributed by atoms with Crippen LogP contribution in [0, 0.1) is 0 Å². The zero-order valence-corrected chi connectivity index (χ0v) is 16.9. The van der Waals surface area contributed by atoms with E-state index in [1.165, 1.54) is 11.8 Å². The summed E-state index contributed by atoms with van der Waals surface area (Å²) in [4.78, 5) is 17.6. The topological polar surface area (TPSA) is 62.6 Å². The van der Waals surface area contributed by atoms with E-state index in [2.05, 4.69) is 0 Å². The average Bonchev–Trinajstić information content (AvgIpc) is 2.73. The van der Waals surface area contributed by atoms with Crippen LogP contribution >= 0.6 is 11.8 Å². The molecular formula is C21H24N2O4S. The smallest absolute Gasteiger partial charge is 0.262 e. The van der Waals surface area contributed by atoms with Gasteiger partial charge in [0.15, 0.2) is 5.16 Å². The second kappa shape index (κ2) is 10.1. The van der Waals surface area contributed by atoms with Crippen molar-refractivity contribution >= 4 is 22.7 Å². The van der Waals surface area contributed by atoms with E-state index >= 15 is 0 Å². The molecule has 0 aliphatic heterocycles. The van der Waals surface area contributed by atoms with E-state index in [4.69, 9.17) is 19.2 Å². The van der Waals surface area contributed by atoms with Crippen molar-refractivity contribution in [2.45, 2.75) is 18.1 Å². The summed E-state index contributed by atoms with van der Waals surface area (Å²) in [6, 6.07) is 14.9. The SMILES string of the molecule is COCCCn1c(SCCOc2ccc(OC)cc2)nc2ccccc2c1=O. The maximum absolute atomic E-state index is 12.9. The first kappa shape index (κ1) is 20.2. The van der Waals surface area contributed by atoms with Crippen molar-refractivity contribution in [2.24, 2.45) is 0 Å². The van der Waals surface area contributed by atoms with Gasteiger partial charge >= 0.3 is 0 Å². The van der Waals surface area contributed by atoms with Crippen molar-refractivity contribution < 1.29 is 14.2 Å². The van der Waals surface area contributed by atoms with Gasteiger partial charge in [-0.15, -0.1) is 0 Å². The summed E-state index contributed by atoms with van der Waals surface area (Å²) in [6.07, 6.45) is 0.756. The van der Waals surface area contributed by atoms with Crippen molar-refractivity contribution in [1.29, 1.82) is 0 Å². The fourth-order valence-electron chi connectivity index (χ4n) is 2.79. The second-order valence-corrected chi connectivity index (χ2v) is 7.15. The minimum atomic E-state index is -0.0136. The Bertz CT molecular complexity index is 957. The third-order valence-corrected chi connectivity index (χ3v) is 5.14. The Labute approximate surface area is 168 Å². The monoisotopic (exact) mass is 400 g/mol. The molecule has 0 aliphatic carbocycles. The average molecular weight is 401 g/mol. The molecule has 7 heteroatoms. The van der Waals surface area contributed by atoms with Gasteiger partial charge in [0, 0.05) is 26.0 Å². The van der Waals surface area contributed by atoms with Crippen LogP contribution in [0.5, 0.6) is 11.5 Å². The van der Waals surface area contributed by atoms with Crippen LogP contribution in [0.25, 0.3) is 10.9 Å². The summed E-state index contributed by atoms with van der Waals surface area (Å²) in [7, 11) is 3.29. The van der Waals surface area contributed by atoms with Crippen LogP contribution in [0.2, 0.25) is 0 Å². The molecular weight excluding hydrogens is 376 g/mol. The van der Waals surface area contributed by atoms with Gasteiger partial charge in [-0.05, 0) is 42.8 Å². The number of rotatable bonds is 10. The first-order valence-electron chi connectivity index (χ1n) is 9.11. The molecule has 3 rings (SSSR count). The summed E-state index contributed by atoms with van der Waals surface area (Å²) in [5.74, 6) is 2.26. The third kappa shape index (κ3) is 5.05. The molecule has 0 saturated heterocycles. The van der Waals surface area contributed by atoms with Crippen LogP contribution in [0.1, 0.15) is 6.42 Å². The van der Waals surface area contributed by atoms with Crippen LogP contribution < -0.4 is 15.0 Å². The van der Waals surface area contributed by atoms with E-state index < -0.39 is 0 Å². The molecule has 0 radical (unpaired) electrons. The highest BCUT2D eigenvalue weighted by Gasteiger charge is 2.11. The van der Waals surface area contributed by atoms with E-state index in [9.17, 15) is 4.79 Å². The number of benzene rings is 2. The number of hydrogen-bond donors (Lipinski definition) is 0. The lowest BCUT2D eigenvalue weighted by molar-refractivity contribution is 0.189. The number of ether oxygens (including phenoxy) is 3. The predicted molar refractivity (Wildman–Crippen MR) is 112 cm³/mol. The highest BCUT2D eigenvalue weighted by Crippen LogP contribution is 2.20. The quantitative estimate of drug-likeness (QED) is 0.294. The Morgan fingerprint density at radius 1 is 1.00 bits per heavy atom. The van der Waals surface area contributed by atoms with Gasteiger partial charge in [0.25, 0.3) is 5.56 Å². The zero-order chi connectivity index (χ0) is 19.8. The summed E-state index contributed by atoms with van der Waals surface area (Å²) in [5, 5.41) is 1.34. The molecule has 3 aromatic rings. The van der Waals surface area contributed by atoms with Crippen molar-refractivity contribution in [2.75, 3.05) is 33.2 Å². The molecule has 2 aromatic carbocycles. The Balaban J connectivity index is 1.69. The molecule has 0 amide bonds. The number of methoxy groups -OCH3 is 2. The molecule has 0 saturated carbocycles. The Morgan fingerprint density at radius 3 is 2.50 bits per heavy atom. The van der Waals surface area contributed by atoms with E-state index in [-0.39, 0.29) is 5.56 Å². The zero-order valence-electron chi connectivity index (χ0n) is 16.1. The molecule has 148 valence electrons. The van der Waals surface area contributed by atoms with Crippen LogP contribution in [-0.2, 0) is 11.3 Å². The number of thioether (sulfide) groups is 1. The van der Waals surface area contributed by atoms with Crippen LogP contribution in [0.4, 0.5) is 0 Å². The summed E-state index contributed by atoms with van der Waals surface area (Å²) in [6.45, 7) is 1.69. The van der Waals surface area contributed by atoms with Crippen LogP contribution in [0.15, 0.2) is 58.5 Å². The van der Waals surface area contributed by atoms with Gasteiger partial charge in [0.2, 0.25) is 0 Å². The standard InChI is InChI=1S/C21H24N2O4S/c1-25-13-5-12-23-20(24)18-6-3-4-7-19(18)22-21(23)28-15-14-27-17-10-8-16(26-2)9-11-17/h3-4,6-11H,5,12-15H2,1-2H3. The number of para-hydroxylation sites is 1. The van der Waals surface area contributed by atoms with Gasteiger partial charge in [0.1, 0.15) is 11.5 Å². The summed E-state index contributed by atoms with van der Waals surface area (Å²) < 4.78 is 17.8. The molecule has 0 bridgehead atoms. The van der Waals surface area contributed by atoms with Crippen molar-refractivity contribution in [3.63, 3.8) is 0 Å². The molecule has 28 heavy (non-hydrogen) atoms. The van der Waals surface area contributed by atoms with Crippen molar-refractivity contribution in [1.82, 2.24) is 9.55 Å². The lowest BCUT2D eigenvalue weighted by Gasteiger charge is -2.13. The van der Waals surface area contributed by atoms with Gasteiger partial charge < -0.3 is 14.2 Å². The highest BCUT2D eigenvalue weighted by atomic mass is 32.2. The fourth-order valence-corrected chi connectivity index (χ4v) is 3.63. The first-order chi connectivity index (χ1) is 13.7. The molecule has 0 fully saturated rings. The molecule has 1 heterocycles. The Morgan fingerprint density at radius 2 is 1.75 bits per heavy atom. The third-order valence-electron chi connectivity index (χ3n) is 4.20. The molecule has 6 nitrogen and oxygen atoms in total. The summed E-state index contributed by atoms with van der Waals surface area (Å²) >= 11 is 1.52. The molecule has 0 aliphatic rings. The molecule has 0 unspecified atom stereocenters. The lowest BCUT2D eigenvalue weighted by atomic mass is 10.2. The minimum absolute atomic E-state index is 0.0136. The van der Waals surface area contributed by atoms with Crippen molar-refractivity contribution in [3.05, 3.63) is 58.9 Å². The predicted octanol–water partition coefficient (Wildman–Crippen LogP) is 3.61. The fraction of sp³-hybridized carbons (Fsp3) is 0.333. The minimum Gasteiger partial charge on any atom is -0.497 e. The van der Waals surface area contributed by atoms with Gasteiger partial charge in [-0.1, -0.05) is 23.9 Å². The van der Waals surface area contributed by atoms with Gasteiger partial charge in [-0.25, -0.2) is 4.98 Å². The normalized spacial score (nSPS) is 10.9. The molecule has 0 N–H and O–H groups in total. The summed E-state index contributed by atoms with van der Waals surface area (Å²) in [5.41, 5.74) is 0.703. The molecule has 0 spiro atoms. The molecule has 0 atom stereocenters. The lowest BCUT2D eigenvalue weighted by Crippen LogP contribution is -2.24. The Hall–Kier alpha value is -2.51. The second-order valence-electron chi connectivity index (χ2n) is 6.09. The number of nitrogens with zero attached hydrogens (tertiary/aromatic N) is 2. The molecule has 1 aromatic heterocycles. The maximum Gasteiger partial charge on any atom is 0.262 e. The van der Waals surface area contributed by atoms with E-state index in [1.54, 1.807) is 18.8 Å². The number of aromatic nitrogens is 2.